The number of carbonyl (C=O) groups excluding carboxylic acids is 1. The highest BCUT2D eigenvalue weighted by Gasteiger charge is 2.21. The molecular formula is C16H16N4O5S. The van der Waals surface area contributed by atoms with Gasteiger partial charge in [0.2, 0.25) is 0 Å². The molecule has 9 nitrogen and oxygen atoms in total. The van der Waals surface area contributed by atoms with Gasteiger partial charge in [-0.25, -0.2) is 4.79 Å². The van der Waals surface area contributed by atoms with Crippen LogP contribution in [0, 0.1) is 0 Å². The highest BCUT2D eigenvalue weighted by molar-refractivity contribution is 7.90. The number of nitrogens with zero attached hydrogens (tertiary/aromatic N) is 3. The number of hydrogen-bond acceptors (Lipinski definition) is 7. The molecular weight excluding hydrogens is 360 g/mol. The van der Waals surface area contributed by atoms with Crippen molar-refractivity contribution in [1.29, 1.82) is 0 Å². The summed E-state index contributed by atoms with van der Waals surface area (Å²) >= 11 is 0. The Morgan fingerprint density at radius 2 is 2.00 bits per heavy atom. The van der Waals surface area contributed by atoms with Gasteiger partial charge in [0.15, 0.2) is 0 Å². The molecule has 3 N–H and O–H groups in total. The molecule has 0 saturated heterocycles. The number of primary amides is 1. The van der Waals surface area contributed by atoms with Crippen LogP contribution in [-0.4, -0.2) is 46.5 Å². The van der Waals surface area contributed by atoms with Gasteiger partial charge >= 0.3 is 6.09 Å². The van der Waals surface area contributed by atoms with Crippen molar-refractivity contribution in [3.63, 3.8) is 0 Å². The number of aromatic nitrogens is 3. The minimum Gasteiger partial charge on any atom is -0.444 e. The van der Waals surface area contributed by atoms with Crippen LogP contribution in [-0.2, 0) is 21.2 Å². The van der Waals surface area contributed by atoms with Gasteiger partial charge in [0.25, 0.3) is 10.0 Å². The monoisotopic (exact) mass is 376 g/mol. The Morgan fingerprint density at radius 1 is 1.27 bits per heavy atom. The van der Waals surface area contributed by atoms with Crippen LogP contribution in [0.4, 0.5) is 4.79 Å². The first-order valence-electron chi connectivity index (χ1n) is 7.62. The molecule has 0 saturated carbocycles. The fraction of sp³-hybridized carbons (Fsp3) is 0.188. The number of aliphatic hydroxyl groups excluding tert-OH is 1. The number of pyridine rings is 1. The van der Waals surface area contributed by atoms with Crippen LogP contribution >= 0.6 is 0 Å². The Morgan fingerprint density at radius 3 is 2.65 bits per heavy atom. The first-order valence-corrected chi connectivity index (χ1v) is 9.06. The van der Waals surface area contributed by atoms with Crippen molar-refractivity contribution in [3.8, 4) is 0 Å². The second-order valence-electron chi connectivity index (χ2n) is 5.49. The Bertz CT molecular complexity index is 1030. The van der Waals surface area contributed by atoms with Crippen molar-refractivity contribution in [2.75, 3.05) is 6.61 Å². The fourth-order valence-electron chi connectivity index (χ4n) is 2.49. The number of hydrogen-bond donors (Lipinski definition) is 2. The van der Waals surface area contributed by atoms with Gasteiger partial charge in [-0.2, -0.15) is 17.6 Å². The fourth-order valence-corrected chi connectivity index (χ4v) is 3.77. The summed E-state index contributed by atoms with van der Waals surface area (Å²) in [5, 5.41) is 13.7. The maximum atomic E-state index is 12.7. The first-order chi connectivity index (χ1) is 12.4. The quantitative estimate of drug-likeness (QED) is 0.645. The minimum atomic E-state index is -3.84. The lowest BCUT2D eigenvalue weighted by Crippen LogP contribution is -2.27. The van der Waals surface area contributed by atoms with E-state index in [1.54, 1.807) is 24.3 Å². The van der Waals surface area contributed by atoms with Gasteiger partial charge in [0.05, 0.1) is 23.9 Å². The summed E-state index contributed by atoms with van der Waals surface area (Å²) in [6.07, 6.45) is 1.08. The average molecular weight is 376 g/mol. The Kier molecular flexibility index (Phi) is 4.87. The van der Waals surface area contributed by atoms with Gasteiger partial charge in [0, 0.05) is 17.5 Å². The van der Waals surface area contributed by atoms with Crippen molar-refractivity contribution in [1.82, 2.24) is 14.2 Å². The number of carbonyl (C=O) groups is 1. The number of fused-ring (bicyclic) bond motifs is 1. The van der Waals surface area contributed by atoms with Crippen molar-refractivity contribution >= 4 is 27.0 Å². The molecule has 2 heterocycles. The molecule has 0 spiro atoms. The predicted octanol–water partition coefficient (Wildman–Crippen LogP) is 0.667. The van der Waals surface area contributed by atoms with E-state index in [1.807, 2.05) is 0 Å². The summed E-state index contributed by atoms with van der Waals surface area (Å²) in [5.41, 5.74) is 5.76. The van der Waals surface area contributed by atoms with E-state index >= 15 is 0 Å². The molecule has 0 aliphatic heterocycles. The summed E-state index contributed by atoms with van der Waals surface area (Å²) in [6.45, 7) is -0.412. The normalized spacial score (nSPS) is 12.8. The molecule has 1 amide bonds. The zero-order chi connectivity index (χ0) is 18.7. The van der Waals surface area contributed by atoms with Gasteiger partial charge in [-0.05, 0) is 18.2 Å². The average Bonchev–Trinajstić information content (AvgIpc) is 3.05. The smallest absolute Gasteiger partial charge is 0.404 e. The summed E-state index contributed by atoms with van der Waals surface area (Å²) in [7, 11) is -3.84. The molecule has 0 aliphatic rings. The van der Waals surface area contributed by atoms with Gasteiger partial charge in [-0.1, -0.05) is 18.2 Å². The summed E-state index contributed by atoms with van der Waals surface area (Å²) < 4.78 is 31.1. The molecule has 0 radical (unpaired) electrons. The van der Waals surface area contributed by atoms with E-state index in [0.29, 0.717) is 16.6 Å². The van der Waals surface area contributed by atoms with E-state index in [1.165, 1.54) is 24.5 Å². The Labute approximate surface area is 149 Å². The molecule has 1 aromatic carbocycles. The number of ether oxygens (including phenoxy) is 1. The number of aliphatic hydroxyl groups is 1. The van der Waals surface area contributed by atoms with Gasteiger partial charge in [0.1, 0.15) is 11.6 Å². The maximum absolute atomic E-state index is 12.7. The van der Waals surface area contributed by atoms with Gasteiger partial charge < -0.3 is 15.6 Å². The lowest BCUT2D eigenvalue weighted by Gasteiger charge is -2.13. The summed E-state index contributed by atoms with van der Waals surface area (Å²) in [5.74, 6) is 0. The van der Waals surface area contributed by atoms with E-state index in [2.05, 4.69) is 10.1 Å². The van der Waals surface area contributed by atoms with Crippen molar-refractivity contribution < 1.29 is 23.1 Å². The van der Waals surface area contributed by atoms with E-state index in [-0.39, 0.29) is 11.3 Å². The van der Waals surface area contributed by atoms with Crippen molar-refractivity contribution in [2.45, 2.75) is 17.4 Å². The molecule has 1 atom stereocenters. The predicted molar refractivity (Wildman–Crippen MR) is 91.8 cm³/mol. The summed E-state index contributed by atoms with van der Waals surface area (Å²) in [4.78, 5) is 15.1. The standard InChI is InChI=1S/C16H16N4O5S/c17-16(22)25-13(10-21)7-12-6-11-8-19-20(15(11)9-18-12)26(23,24)14-4-2-1-3-5-14/h1-6,8-9,13,21H,7,10H2,(H2,17,22). The number of nitrogens with two attached hydrogens (primary N) is 1. The van der Waals surface area contributed by atoms with E-state index in [0.717, 1.165) is 4.09 Å². The molecule has 10 heteroatoms. The van der Waals surface area contributed by atoms with E-state index in [9.17, 15) is 18.3 Å². The molecule has 26 heavy (non-hydrogen) atoms. The second kappa shape index (κ2) is 7.10. The molecule has 2 aromatic heterocycles. The SMILES string of the molecule is NC(=O)OC(CO)Cc1cc2cnn(S(=O)(=O)c3ccccc3)c2cn1. The topological polar surface area (TPSA) is 137 Å². The third kappa shape index (κ3) is 3.51. The molecule has 3 aromatic rings. The molecule has 136 valence electrons. The van der Waals surface area contributed by atoms with Crippen molar-refractivity contribution in [3.05, 3.63) is 54.5 Å². The Balaban J connectivity index is 1.94. The van der Waals surface area contributed by atoms with Crippen LogP contribution in [0.15, 0.2) is 53.7 Å². The lowest BCUT2D eigenvalue weighted by molar-refractivity contribution is 0.0634. The van der Waals surface area contributed by atoms with Crippen LogP contribution in [0.2, 0.25) is 0 Å². The van der Waals surface area contributed by atoms with Crippen LogP contribution in [0.3, 0.4) is 0 Å². The lowest BCUT2D eigenvalue weighted by atomic mass is 10.1. The maximum Gasteiger partial charge on any atom is 0.404 e. The molecule has 0 bridgehead atoms. The highest BCUT2D eigenvalue weighted by atomic mass is 32.2. The van der Waals surface area contributed by atoms with Crippen molar-refractivity contribution in [2.24, 2.45) is 5.73 Å². The molecule has 3 rings (SSSR count). The Hall–Kier alpha value is -2.98. The van der Waals surface area contributed by atoms with Crippen LogP contribution in [0.25, 0.3) is 10.9 Å². The number of amides is 1. The number of benzene rings is 1. The van der Waals surface area contributed by atoms with E-state index in [4.69, 9.17) is 10.5 Å². The zero-order valence-electron chi connectivity index (χ0n) is 13.5. The minimum absolute atomic E-state index is 0.115. The zero-order valence-corrected chi connectivity index (χ0v) is 14.3. The van der Waals surface area contributed by atoms with Crippen LogP contribution in [0.5, 0.6) is 0 Å². The largest absolute Gasteiger partial charge is 0.444 e. The molecule has 0 fully saturated rings. The second-order valence-corrected chi connectivity index (χ2v) is 7.25. The highest BCUT2D eigenvalue weighted by Crippen LogP contribution is 2.20. The van der Waals surface area contributed by atoms with Crippen LogP contribution in [0.1, 0.15) is 5.69 Å². The summed E-state index contributed by atoms with van der Waals surface area (Å²) in [6, 6.07) is 9.56. The van der Waals surface area contributed by atoms with E-state index < -0.39 is 28.8 Å². The molecule has 1 unspecified atom stereocenters. The third-order valence-corrected chi connectivity index (χ3v) is 5.28. The van der Waals surface area contributed by atoms with Crippen LogP contribution < -0.4 is 5.73 Å². The van der Waals surface area contributed by atoms with Gasteiger partial charge in [-0.3, -0.25) is 4.98 Å². The molecule has 0 aliphatic carbocycles. The third-order valence-electron chi connectivity index (χ3n) is 3.67. The first kappa shape index (κ1) is 17.8. The number of rotatable bonds is 6. The van der Waals surface area contributed by atoms with Gasteiger partial charge in [-0.15, -0.1) is 0 Å².